The Morgan fingerprint density at radius 3 is 2.91 bits per heavy atom. The van der Waals surface area contributed by atoms with Crippen molar-refractivity contribution in [1.82, 2.24) is 4.98 Å². The molecule has 112 valence electrons. The van der Waals surface area contributed by atoms with Crippen molar-refractivity contribution in [3.63, 3.8) is 0 Å². The molecular weight excluding hydrogens is 298 g/mol. The molecule has 22 heavy (non-hydrogen) atoms. The maximum Gasteiger partial charge on any atom is 0.245 e. The zero-order valence-electron chi connectivity index (χ0n) is 12.1. The molecule has 0 unspecified atom stereocenters. The second-order valence-corrected chi connectivity index (χ2v) is 5.97. The predicted molar refractivity (Wildman–Crippen MR) is 87.1 cm³/mol. The van der Waals surface area contributed by atoms with E-state index in [1.807, 2.05) is 43.3 Å². The molecule has 1 aromatic heterocycles. The summed E-state index contributed by atoms with van der Waals surface area (Å²) in [6.45, 7) is 1.85. The SMILES string of the molecule is Cc1cccc(NC(=O)CN2C(=O)CSc3ccccc32)n1. The van der Waals surface area contributed by atoms with Crippen molar-refractivity contribution in [3.05, 3.63) is 48.2 Å². The number of carbonyl (C=O) groups excluding carboxylic acids is 2. The third kappa shape index (κ3) is 3.12. The van der Waals surface area contributed by atoms with Crippen LogP contribution < -0.4 is 10.2 Å². The van der Waals surface area contributed by atoms with E-state index < -0.39 is 0 Å². The van der Waals surface area contributed by atoms with E-state index in [1.54, 1.807) is 6.07 Å². The van der Waals surface area contributed by atoms with E-state index >= 15 is 0 Å². The Bertz CT molecular complexity index is 733. The molecule has 1 aliphatic heterocycles. The van der Waals surface area contributed by atoms with E-state index in [4.69, 9.17) is 0 Å². The molecule has 1 aliphatic rings. The highest BCUT2D eigenvalue weighted by molar-refractivity contribution is 8.00. The molecule has 0 bridgehead atoms. The topological polar surface area (TPSA) is 62.3 Å². The number of amides is 2. The Morgan fingerprint density at radius 2 is 2.09 bits per heavy atom. The summed E-state index contributed by atoms with van der Waals surface area (Å²) in [4.78, 5) is 31.1. The molecular formula is C16H15N3O2S. The monoisotopic (exact) mass is 313 g/mol. The standard InChI is InChI=1S/C16H15N3O2S/c1-11-5-4-8-14(17-11)18-15(20)9-19-12-6-2-3-7-13(12)22-10-16(19)21/h2-8H,9-10H2,1H3,(H,17,18,20). The smallest absolute Gasteiger partial charge is 0.245 e. The molecule has 0 radical (unpaired) electrons. The number of fused-ring (bicyclic) bond motifs is 1. The molecule has 5 nitrogen and oxygen atoms in total. The third-order valence-corrected chi connectivity index (χ3v) is 4.31. The van der Waals surface area contributed by atoms with Crippen molar-refractivity contribution in [2.75, 3.05) is 22.5 Å². The van der Waals surface area contributed by atoms with Crippen LogP contribution in [0.15, 0.2) is 47.4 Å². The number of para-hydroxylation sites is 1. The first-order valence-electron chi connectivity index (χ1n) is 6.89. The summed E-state index contributed by atoms with van der Waals surface area (Å²) < 4.78 is 0. The molecule has 3 rings (SSSR count). The molecule has 1 N–H and O–H groups in total. The summed E-state index contributed by atoms with van der Waals surface area (Å²) in [7, 11) is 0. The number of benzene rings is 1. The minimum Gasteiger partial charge on any atom is -0.309 e. The van der Waals surface area contributed by atoms with Gasteiger partial charge in [-0.25, -0.2) is 4.98 Å². The van der Waals surface area contributed by atoms with E-state index in [0.29, 0.717) is 11.6 Å². The van der Waals surface area contributed by atoms with Crippen LogP contribution in [0.2, 0.25) is 0 Å². The van der Waals surface area contributed by atoms with Crippen molar-refractivity contribution in [3.8, 4) is 0 Å². The van der Waals surface area contributed by atoms with Gasteiger partial charge >= 0.3 is 0 Å². The maximum atomic E-state index is 12.2. The first-order chi connectivity index (χ1) is 10.6. The number of rotatable bonds is 3. The Morgan fingerprint density at radius 1 is 1.27 bits per heavy atom. The number of aryl methyl sites for hydroxylation is 1. The summed E-state index contributed by atoms with van der Waals surface area (Å²) >= 11 is 1.50. The molecule has 0 fully saturated rings. The minimum absolute atomic E-state index is 0.00791. The average Bonchev–Trinajstić information content (AvgIpc) is 2.50. The van der Waals surface area contributed by atoms with E-state index in [2.05, 4.69) is 10.3 Å². The molecule has 1 aromatic carbocycles. The number of nitrogens with zero attached hydrogens (tertiary/aromatic N) is 2. The Balaban J connectivity index is 1.75. The molecule has 0 saturated carbocycles. The van der Waals surface area contributed by atoms with Crippen molar-refractivity contribution in [2.24, 2.45) is 0 Å². The number of thioether (sulfide) groups is 1. The number of carbonyl (C=O) groups is 2. The van der Waals surface area contributed by atoms with Gasteiger partial charge in [0.15, 0.2) is 0 Å². The predicted octanol–water partition coefficient (Wildman–Crippen LogP) is 2.47. The van der Waals surface area contributed by atoms with Gasteiger partial charge in [-0.15, -0.1) is 11.8 Å². The van der Waals surface area contributed by atoms with Gasteiger partial charge in [-0.2, -0.15) is 0 Å². The fourth-order valence-corrected chi connectivity index (χ4v) is 3.20. The zero-order valence-corrected chi connectivity index (χ0v) is 12.9. The van der Waals surface area contributed by atoms with Gasteiger partial charge < -0.3 is 10.2 Å². The first kappa shape index (κ1) is 14.6. The lowest BCUT2D eigenvalue weighted by Gasteiger charge is -2.28. The van der Waals surface area contributed by atoms with Crippen LogP contribution in [0.25, 0.3) is 0 Å². The van der Waals surface area contributed by atoms with Gasteiger partial charge in [0.1, 0.15) is 12.4 Å². The van der Waals surface area contributed by atoms with Crippen molar-refractivity contribution in [2.45, 2.75) is 11.8 Å². The van der Waals surface area contributed by atoms with E-state index in [0.717, 1.165) is 16.3 Å². The molecule has 6 heteroatoms. The molecule has 0 spiro atoms. The number of nitrogens with one attached hydrogen (secondary N) is 1. The Hall–Kier alpha value is -2.34. The second kappa shape index (κ2) is 6.19. The van der Waals surface area contributed by atoms with Gasteiger partial charge in [0.25, 0.3) is 0 Å². The fourth-order valence-electron chi connectivity index (χ4n) is 2.27. The number of hydrogen-bond acceptors (Lipinski definition) is 4. The third-order valence-electron chi connectivity index (χ3n) is 3.27. The normalized spacial score (nSPS) is 13.7. The van der Waals surface area contributed by atoms with E-state index in [1.165, 1.54) is 16.7 Å². The number of aromatic nitrogens is 1. The summed E-state index contributed by atoms with van der Waals surface area (Å²) in [6, 6.07) is 13.0. The summed E-state index contributed by atoms with van der Waals surface area (Å²) in [5.41, 5.74) is 1.62. The highest BCUT2D eigenvalue weighted by Crippen LogP contribution is 2.34. The average molecular weight is 313 g/mol. The van der Waals surface area contributed by atoms with Gasteiger partial charge in [-0.1, -0.05) is 18.2 Å². The van der Waals surface area contributed by atoms with E-state index in [-0.39, 0.29) is 18.4 Å². The molecule has 2 amide bonds. The quantitative estimate of drug-likeness (QED) is 0.945. The lowest BCUT2D eigenvalue weighted by molar-refractivity contribution is -0.120. The van der Waals surface area contributed by atoms with Crippen LogP contribution in [0, 0.1) is 6.92 Å². The highest BCUT2D eigenvalue weighted by Gasteiger charge is 2.26. The fraction of sp³-hybridized carbons (Fsp3) is 0.188. The van der Waals surface area contributed by atoms with Crippen LogP contribution in [-0.4, -0.2) is 29.1 Å². The number of pyridine rings is 1. The van der Waals surface area contributed by atoms with Crippen LogP contribution in [0.5, 0.6) is 0 Å². The molecule has 0 aliphatic carbocycles. The highest BCUT2D eigenvalue weighted by atomic mass is 32.2. The molecule has 2 aromatic rings. The zero-order chi connectivity index (χ0) is 15.5. The van der Waals surface area contributed by atoms with E-state index in [9.17, 15) is 9.59 Å². The minimum atomic E-state index is -0.256. The van der Waals surface area contributed by atoms with Crippen LogP contribution in [0.1, 0.15) is 5.69 Å². The summed E-state index contributed by atoms with van der Waals surface area (Å²) in [5, 5.41) is 2.73. The van der Waals surface area contributed by atoms with Crippen LogP contribution >= 0.6 is 11.8 Å². The maximum absolute atomic E-state index is 12.2. The second-order valence-electron chi connectivity index (χ2n) is 4.95. The van der Waals surface area contributed by atoms with Gasteiger partial charge in [0.2, 0.25) is 11.8 Å². The molecule has 2 heterocycles. The van der Waals surface area contributed by atoms with Gasteiger partial charge in [0, 0.05) is 10.6 Å². The number of anilines is 2. The van der Waals surface area contributed by atoms with Crippen molar-refractivity contribution < 1.29 is 9.59 Å². The Labute approximate surface area is 132 Å². The lowest BCUT2D eigenvalue weighted by atomic mass is 10.2. The largest absolute Gasteiger partial charge is 0.309 e. The number of hydrogen-bond donors (Lipinski definition) is 1. The van der Waals surface area contributed by atoms with Gasteiger partial charge in [0.05, 0.1) is 11.4 Å². The summed E-state index contributed by atoms with van der Waals surface area (Å²) in [6.07, 6.45) is 0. The van der Waals surface area contributed by atoms with Crippen LogP contribution in [0.3, 0.4) is 0 Å². The molecule has 0 atom stereocenters. The van der Waals surface area contributed by atoms with Crippen LogP contribution in [-0.2, 0) is 9.59 Å². The molecule has 0 saturated heterocycles. The van der Waals surface area contributed by atoms with Gasteiger partial charge in [-0.3, -0.25) is 9.59 Å². The van der Waals surface area contributed by atoms with Crippen LogP contribution in [0.4, 0.5) is 11.5 Å². The Kier molecular flexibility index (Phi) is 4.11. The van der Waals surface area contributed by atoms with Gasteiger partial charge in [-0.05, 0) is 31.2 Å². The summed E-state index contributed by atoms with van der Waals surface area (Å²) in [5.74, 6) is 0.536. The first-order valence-corrected chi connectivity index (χ1v) is 7.88. The lowest BCUT2D eigenvalue weighted by Crippen LogP contribution is -2.41. The van der Waals surface area contributed by atoms with Crippen molar-refractivity contribution in [1.29, 1.82) is 0 Å². The van der Waals surface area contributed by atoms with Crippen molar-refractivity contribution >= 4 is 35.1 Å².